The molecule has 0 aliphatic heterocycles. The van der Waals surface area contributed by atoms with Crippen LogP contribution in [-0.2, 0) is 0 Å². The molecule has 0 bridgehead atoms. The number of hydrogen-bond donors (Lipinski definition) is 2. The van der Waals surface area contributed by atoms with Crippen molar-refractivity contribution in [1.29, 1.82) is 0 Å². The predicted octanol–water partition coefficient (Wildman–Crippen LogP) is 3.76. The zero-order chi connectivity index (χ0) is 16.1. The fourth-order valence-electron chi connectivity index (χ4n) is 3.06. The van der Waals surface area contributed by atoms with Crippen LogP contribution in [0.25, 0.3) is 0 Å². The summed E-state index contributed by atoms with van der Waals surface area (Å²) in [5.41, 5.74) is 6.41. The topological polar surface area (TPSA) is 64.3 Å². The van der Waals surface area contributed by atoms with E-state index in [1.807, 2.05) is 42.5 Å². The van der Waals surface area contributed by atoms with Gasteiger partial charge in [0.15, 0.2) is 0 Å². The molecule has 3 N–H and O–H groups in total. The Morgan fingerprint density at radius 1 is 1.04 bits per heavy atom. The largest absolute Gasteiger partial charge is 0.457 e. The van der Waals surface area contributed by atoms with Crippen LogP contribution in [0.5, 0.6) is 11.5 Å². The molecule has 2 atom stereocenters. The van der Waals surface area contributed by atoms with Crippen molar-refractivity contribution in [3.8, 4) is 11.5 Å². The van der Waals surface area contributed by atoms with Crippen LogP contribution in [0.3, 0.4) is 0 Å². The van der Waals surface area contributed by atoms with Gasteiger partial charge in [0, 0.05) is 11.6 Å². The van der Waals surface area contributed by atoms with Crippen molar-refractivity contribution in [2.45, 2.75) is 25.3 Å². The van der Waals surface area contributed by atoms with Crippen LogP contribution >= 0.6 is 12.4 Å². The molecule has 1 amide bonds. The van der Waals surface area contributed by atoms with Gasteiger partial charge in [0.2, 0.25) is 0 Å². The van der Waals surface area contributed by atoms with E-state index in [1.165, 1.54) is 0 Å². The van der Waals surface area contributed by atoms with Crippen molar-refractivity contribution >= 4 is 18.3 Å². The third kappa shape index (κ3) is 4.49. The van der Waals surface area contributed by atoms with Crippen LogP contribution in [-0.4, -0.2) is 18.5 Å². The van der Waals surface area contributed by atoms with E-state index in [0.717, 1.165) is 25.0 Å². The zero-order valence-electron chi connectivity index (χ0n) is 13.5. The number of benzene rings is 2. The molecule has 0 aromatic heterocycles. The summed E-state index contributed by atoms with van der Waals surface area (Å²) in [4.78, 5) is 12.3. The molecular weight excluding hydrogens is 324 g/mol. The molecule has 4 nitrogen and oxygen atoms in total. The van der Waals surface area contributed by atoms with Gasteiger partial charge in [-0.1, -0.05) is 24.6 Å². The fraction of sp³-hybridized carbons (Fsp3) is 0.316. The molecule has 2 aromatic carbocycles. The van der Waals surface area contributed by atoms with Gasteiger partial charge in [-0.25, -0.2) is 0 Å². The summed E-state index contributed by atoms with van der Waals surface area (Å²) in [6, 6.07) is 17.0. The van der Waals surface area contributed by atoms with E-state index in [0.29, 0.717) is 23.8 Å². The molecule has 1 fully saturated rings. The SMILES string of the molecule is Cl.NCC1CCCC1NC(=O)c1ccc(Oc2ccccc2)cc1. The van der Waals surface area contributed by atoms with Crippen LogP contribution in [0.4, 0.5) is 0 Å². The second-order valence-corrected chi connectivity index (χ2v) is 5.95. The van der Waals surface area contributed by atoms with Crippen molar-refractivity contribution in [3.05, 3.63) is 60.2 Å². The smallest absolute Gasteiger partial charge is 0.251 e. The molecule has 1 aliphatic rings. The van der Waals surface area contributed by atoms with E-state index in [-0.39, 0.29) is 24.4 Å². The van der Waals surface area contributed by atoms with Gasteiger partial charge < -0.3 is 15.8 Å². The number of nitrogens with two attached hydrogens (primary N) is 1. The Morgan fingerprint density at radius 2 is 1.71 bits per heavy atom. The fourth-order valence-corrected chi connectivity index (χ4v) is 3.06. The maximum absolute atomic E-state index is 12.3. The Labute approximate surface area is 148 Å². The maximum atomic E-state index is 12.3. The quantitative estimate of drug-likeness (QED) is 0.866. The van der Waals surface area contributed by atoms with Gasteiger partial charge in [-0.15, -0.1) is 12.4 Å². The minimum absolute atomic E-state index is 0. The highest BCUT2D eigenvalue weighted by molar-refractivity contribution is 5.94. The number of nitrogens with one attached hydrogen (secondary N) is 1. The number of halogens is 1. The molecule has 2 unspecified atom stereocenters. The molecule has 0 heterocycles. The average molecular weight is 347 g/mol. The summed E-state index contributed by atoms with van der Waals surface area (Å²) in [7, 11) is 0. The van der Waals surface area contributed by atoms with Gasteiger partial charge in [-0.05, 0) is 61.7 Å². The molecule has 2 aromatic rings. The van der Waals surface area contributed by atoms with Gasteiger partial charge in [0.05, 0.1) is 0 Å². The summed E-state index contributed by atoms with van der Waals surface area (Å²) in [6.45, 7) is 0.634. The molecule has 1 aliphatic carbocycles. The van der Waals surface area contributed by atoms with Crippen LogP contribution < -0.4 is 15.8 Å². The van der Waals surface area contributed by atoms with Crippen molar-refractivity contribution in [2.24, 2.45) is 11.7 Å². The van der Waals surface area contributed by atoms with Gasteiger partial charge in [0.25, 0.3) is 5.91 Å². The first-order valence-corrected chi connectivity index (χ1v) is 8.10. The van der Waals surface area contributed by atoms with Crippen molar-refractivity contribution in [3.63, 3.8) is 0 Å². The average Bonchev–Trinajstić information content (AvgIpc) is 3.03. The first-order valence-electron chi connectivity index (χ1n) is 8.10. The number of hydrogen-bond acceptors (Lipinski definition) is 3. The second-order valence-electron chi connectivity index (χ2n) is 5.95. The van der Waals surface area contributed by atoms with Crippen LogP contribution in [0, 0.1) is 5.92 Å². The Bertz CT molecular complexity index is 646. The lowest BCUT2D eigenvalue weighted by Crippen LogP contribution is -2.39. The van der Waals surface area contributed by atoms with Crippen molar-refractivity contribution < 1.29 is 9.53 Å². The molecule has 128 valence electrons. The molecule has 24 heavy (non-hydrogen) atoms. The van der Waals surface area contributed by atoms with E-state index in [9.17, 15) is 4.79 Å². The lowest BCUT2D eigenvalue weighted by molar-refractivity contribution is 0.0929. The van der Waals surface area contributed by atoms with Crippen LogP contribution in [0.2, 0.25) is 0 Å². The summed E-state index contributed by atoms with van der Waals surface area (Å²) >= 11 is 0. The summed E-state index contributed by atoms with van der Waals surface area (Å²) in [6.07, 6.45) is 3.25. The van der Waals surface area contributed by atoms with Gasteiger partial charge in [-0.3, -0.25) is 4.79 Å². The first kappa shape index (κ1) is 18.3. The van der Waals surface area contributed by atoms with E-state index in [1.54, 1.807) is 12.1 Å². The number of carbonyl (C=O) groups excluding carboxylic acids is 1. The van der Waals surface area contributed by atoms with E-state index < -0.39 is 0 Å². The monoisotopic (exact) mass is 346 g/mol. The molecule has 3 rings (SSSR count). The third-order valence-corrected chi connectivity index (χ3v) is 4.37. The minimum Gasteiger partial charge on any atom is -0.457 e. The number of carbonyl (C=O) groups is 1. The molecule has 5 heteroatoms. The summed E-state index contributed by atoms with van der Waals surface area (Å²) in [5, 5.41) is 3.11. The van der Waals surface area contributed by atoms with Crippen molar-refractivity contribution in [2.75, 3.05) is 6.54 Å². The number of amides is 1. The zero-order valence-corrected chi connectivity index (χ0v) is 14.3. The van der Waals surface area contributed by atoms with E-state index >= 15 is 0 Å². The summed E-state index contributed by atoms with van der Waals surface area (Å²) in [5.74, 6) is 1.86. The third-order valence-electron chi connectivity index (χ3n) is 4.37. The van der Waals surface area contributed by atoms with Crippen molar-refractivity contribution in [1.82, 2.24) is 5.32 Å². The lowest BCUT2D eigenvalue weighted by atomic mass is 10.0. The molecule has 0 radical (unpaired) electrons. The Kier molecular flexibility index (Phi) is 6.64. The highest BCUT2D eigenvalue weighted by Crippen LogP contribution is 2.25. The Morgan fingerprint density at radius 3 is 2.38 bits per heavy atom. The van der Waals surface area contributed by atoms with Crippen LogP contribution in [0.1, 0.15) is 29.6 Å². The first-order chi connectivity index (χ1) is 11.3. The van der Waals surface area contributed by atoms with E-state index in [2.05, 4.69) is 5.32 Å². The molecule has 0 saturated heterocycles. The van der Waals surface area contributed by atoms with Gasteiger partial charge >= 0.3 is 0 Å². The van der Waals surface area contributed by atoms with Crippen LogP contribution in [0.15, 0.2) is 54.6 Å². The Hall–Kier alpha value is -2.04. The highest BCUT2D eigenvalue weighted by atomic mass is 35.5. The Balaban J connectivity index is 0.00000208. The maximum Gasteiger partial charge on any atom is 0.251 e. The van der Waals surface area contributed by atoms with Gasteiger partial charge in [-0.2, -0.15) is 0 Å². The number of para-hydroxylation sites is 1. The normalized spacial score (nSPS) is 19.4. The number of ether oxygens (including phenoxy) is 1. The molecule has 0 spiro atoms. The number of rotatable bonds is 5. The predicted molar refractivity (Wildman–Crippen MR) is 97.9 cm³/mol. The second kappa shape index (κ2) is 8.71. The highest BCUT2D eigenvalue weighted by Gasteiger charge is 2.27. The van der Waals surface area contributed by atoms with E-state index in [4.69, 9.17) is 10.5 Å². The lowest BCUT2D eigenvalue weighted by Gasteiger charge is -2.19. The molecule has 1 saturated carbocycles. The molecular formula is C19H23ClN2O2. The minimum atomic E-state index is -0.0402. The summed E-state index contributed by atoms with van der Waals surface area (Å²) < 4.78 is 5.73. The standard InChI is InChI=1S/C19H22N2O2.ClH/c20-13-15-5-4-8-18(15)21-19(22)14-9-11-17(12-10-14)23-16-6-2-1-3-7-16;/h1-3,6-7,9-12,15,18H,4-5,8,13,20H2,(H,21,22);1H. The van der Waals surface area contributed by atoms with Gasteiger partial charge in [0.1, 0.15) is 11.5 Å².